The van der Waals surface area contributed by atoms with Gasteiger partial charge in [0.05, 0.1) is 17.6 Å². The standard InChI is InChI=1S/C27H24ClF2N5O/c28-21-11-10-20(15-22(21)30)32-26-25(18-6-8-19(29)9-7-18)33-24-16-34(12-13-35(24)26)27(36)23(31)14-17-4-2-1-3-5-17/h1-11,15,23,32H,12-14,16,31H2. The Balaban J connectivity index is 1.44. The number of benzene rings is 3. The average molecular weight is 508 g/mol. The van der Waals surface area contributed by atoms with E-state index in [0.29, 0.717) is 48.1 Å². The summed E-state index contributed by atoms with van der Waals surface area (Å²) in [6, 6.07) is 19.4. The molecule has 2 heterocycles. The SMILES string of the molecule is NC(Cc1ccccc1)C(=O)N1CCn2c(nc(-c3ccc(F)cc3)c2Nc2ccc(Cl)c(F)c2)C1. The minimum absolute atomic E-state index is 0.0237. The highest BCUT2D eigenvalue weighted by Gasteiger charge is 2.29. The van der Waals surface area contributed by atoms with Gasteiger partial charge in [-0.25, -0.2) is 13.8 Å². The molecule has 9 heteroatoms. The van der Waals surface area contributed by atoms with Gasteiger partial charge >= 0.3 is 0 Å². The van der Waals surface area contributed by atoms with Crippen molar-refractivity contribution in [3.63, 3.8) is 0 Å². The molecule has 0 fully saturated rings. The van der Waals surface area contributed by atoms with Gasteiger partial charge in [-0.15, -0.1) is 0 Å². The summed E-state index contributed by atoms with van der Waals surface area (Å²) in [5.41, 5.74) is 9.01. The van der Waals surface area contributed by atoms with Crippen LogP contribution in [0.2, 0.25) is 5.02 Å². The van der Waals surface area contributed by atoms with E-state index in [2.05, 4.69) is 5.32 Å². The van der Waals surface area contributed by atoms with Gasteiger partial charge in [-0.1, -0.05) is 41.9 Å². The van der Waals surface area contributed by atoms with E-state index in [-0.39, 0.29) is 23.3 Å². The molecule has 6 nitrogen and oxygen atoms in total. The maximum Gasteiger partial charge on any atom is 0.240 e. The topological polar surface area (TPSA) is 76.2 Å². The Hall–Kier alpha value is -3.75. The highest BCUT2D eigenvalue weighted by molar-refractivity contribution is 6.30. The van der Waals surface area contributed by atoms with Gasteiger partial charge in [-0.05, 0) is 54.4 Å². The van der Waals surface area contributed by atoms with Crippen molar-refractivity contribution in [1.82, 2.24) is 14.5 Å². The van der Waals surface area contributed by atoms with Crippen molar-refractivity contribution >= 4 is 29.0 Å². The highest BCUT2D eigenvalue weighted by Crippen LogP contribution is 2.34. The van der Waals surface area contributed by atoms with Gasteiger partial charge < -0.3 is 20.5 Å². The molecule has 0 bridgehead atoms. The first-order chi connectivity index (χ1) is 17.4. The second-order valence-corrected chi connectivity index (χ2v) is 9.10. The molecular weight excluding hydrogens is 484 g/mol. The van der Waals surface area contributed by atoms with Gasteiger partial charge in [0.25, 0.3) is 0 Å². The molecule has 1 aliphatic heterocycles. The smallest absolute Gasteiger partial charge is 0.240 e. The number of aromatic nitrogens is 2. The van der Waals surface area contributed by atoms with Crippen molar-refractivity contribution in [2.24, 2.45) is 5.73 Å². The number of amides is 1. The Morgan fingerprint density at radius 3 is 2.53 bits per heavy atom. The number of carbonyl (C=O) groups excluding carboxylic acids is 1. The predicted molar refractivity (Wildman–Crippen MR) is 136 cm³/mol. The first kappa shape index (κ1) is 24.0. The minimum Gasteiger partial charge on any atom is -0.340 e. The van der Waals surface area contributed by atoms with Crippen molar-refractivity contribution in [2.45, 2.75) is 25.6 Å². The highest BCUT2D eigenvalue weighted by atomic mass is 35.5. The van der Waals surface area contributed by atoms with Crippen LogP contribution in [0.25, 0.3) is 11.3 Å². The Morgan fingerprint density at radius 1 is 1.06 bits per heavy atom. The lowest BCUT2D eigenvalue weighted by Gasteiger charge is -2.30. The number of imidazole rings is 1. The summed E-state index contributed by atoms with van der Waals surface area (Å²) in [5.74, 6) is 0.219. The molecule has 1 aromatic heterocycles. The summed E-state index contributed by atoms with van der Waals surface area (Å²) in [4.78, 5) is 19.6. The molecule has 36 heavy (non-hydrogen) atoms. The lowest BCUT2D eigenvalue weighted by Crippen LogP contribution is -2.47. The van der Waals surface area contributed by atoms with E-state index in [0.717, 1.165) is 5.56 Å². The van der Waals surface area contributed by atoms with Gasteiger partial charge in [-0.2, -0.15) is 0 Å². The zero-order valence-corrected chi connectivity index (χ0v) is 20.1. The van der Waals surface area contributed by atoms with Crippen LogP contribution in [0, 0.1) is 11.6 Å². The van der Waals surface area contributed by atoms with Crippen LogP contribution < -0.4 is 11.1 Å². The molecule has 5 rings (SSSR count). The van der Waals surface area contributed by atoms with Gasteiger partial charge in [0, 0.05) is 24.3 Å². The third kappa shape index (κ3) is 4.96. The lowest BCUT2D eigenvalue weighted by atomic mass is 10.1. The van der Waals surface area contributed by atoms with Crippen LogP contribution in [0.1, 0.15) is 11.4 Å². The summed E-state index contributed by atoms with van der Waals surface area (Å²) in [7, 11) is 0. The van der Waals surface area contributed by atoms with Gasteiger partial charge in [0.2, 0.25) is 5.91 Å². The zero-order chi connectivity index (χ0) is 25.2. The number of rotatable bonds is 6. The molecule has 0 radical (unpaired) electrons. The van der Waals surface area contributed by atoms with Crippen molar-refractivity contribution in [3.05, 3.63) is 101 Å². The van der Waals surface area contributed by atoms with Crippen molar-refractivity contribution < 1.29 is 13.6 Å². The van der Waals surface area contributed by atoms with Crippen LogP contribution in [0.3, 0.4) is 0 Å². The zero-order valence-electron chi connectivity index (χ0n) is 19.3. The molecule has 0 aliphatic carbocycles. The number of nitrogens with zero attached hydrogens (tertiary/aromatic N) is 3. The first-order valence-corrected chi connectivity index (χ1v) is 11.9. The molecular formula is C27H24ClF2N5O. The van der Waals surface area contributed by atoms with Crippen molar-refractivity contribution in [2.75, 3.05) is 11.9 Å². The molecule has 1 atom stereocenters. The van der Waals surface area contributed by atoms with Crippen LogP contribution in [-0.4, -0.2) is 32.9 Å². The predicted octanol–water partition coefficient (Wildman–Crippen LogP) is 5.14. The summed E-state index contributed by atoms with van der Waals surface area (Å²) >= 11 is 5.84. The molecule has 0 saturated heterocycles. The summed E-state index contributed by atoms with van der Waals surface area (Å²) in [6.45, 7) is 1.18. The Bertz CT molecular complexity index is 1390. The molecule has 4 aromatic rings. The maximum absolute atomic E-state index is 14.1. The normalized spacial score (nSPS) is 13.8. The number of nitrogens with two attached hydrogens (primary N) is 1. The van der Waals surface area contributed by atoms with E-state index in [1.54, 1.807) is 23.1 Å². The number of nitrogens with one attached hydrogen (secondary N) is 1. The molecule has 3 aromatic carbocycles. The Kier molecular flexibility index (Phi) is 6.71. The number of anilines is 2. The van der Waals surface area contributed by atoms with E-state index < -0.39 is 11.9 Å². The van der Waals surface area contributed by atoms with E-state index in [9.17, 15) is 13.6 Å². The number of halogens is 3. The summed E-state index contributed by atoms with van der Waals surface area (Å²) < 4.78 is 29.6. The van der Waals surface area contributed by atoms with E-state index >= 15 is 0 Å². The number of fused-ring (bicyclic) bond motifs is 1. The number of carbonyl (C=O) groups is 1. The largest absolute Gasteiger partial charge is 0.340 e. The van der Waals surface area contributed by atoms with Crippen molar-refractivity contribution in [1.29, 1.82) is 0 Å². The maximum atomic E-state index is 14.1. The lowest BCUT2D eigenvalue weighted by molar-refractivity contribution is -0.134. The number of hydrogen-bond donors (Lipinski definition) is 2. The van der Waals surface area contributed by atoms with Gasteiger partial charge in [0.15, 0.2) is 0 Å². The Morgan fingerprint density at radius 2 is 1.81 bits per heavy atom. The first-order valence-electron chi connectivity index (χ1n) is 11.5. The second-order valence-electron chi connectivity index (χ2n) is 8.69. The minimum atomic E-state index is -0.667. The van der Waals surface area contributed by atoms with Gasteiger partial charge in [0.1, 0.15) is 29.0 Å². The van der Waals surface area contributed by atoms with Crippen LogP contribution in [-0.2, 0) is 24.3 Å². The van der Waals surface area contributed by atoms with Gasteiger partial charge in [-0.3, -0.25) is 4.79 Å². The Labute approximate surface area is 212 Å². The average Bonchev–Trinajstić information content (AvgIpc) is 3.24. The third-order valence-electron chi connectivity index (χ3n) is 6.20. The van der Waals surface area contributed by atoms with E-state index in [4.69, 9.17) is 22.3 Å². The fourth-order valence-electron chi connectivity index (χ4n) is 4.36. The molecule has 0 saturated carbocycles. The fourth-order valence-corrected chi connectivity index (χ4v) is 4.47. The van der Waals surface area contributed by atoms with Crippen LogP contribution in [0.5, 0.6) is 0 Å². The fraction of sp³-hybridized carbons (Fsp3) is 0.185. The van der Waals surface area contributed by atoms with Crippen LogP contribution in [0.4, 0.5) is 20.3 Å². The monoisotopic (exact) mass is 507 g/mol. The van der Waals surface area contributed by atoms with E-state index in [1.165, 1.54) is 24.3 Å². The summed E-state index contributed by atoms with van der Waals surface area (Å²) in [5, 5.41) is 3.26. The molecule has 3 N–H and O–H groups in total. The molecule has 0 spiro atoms. The quantitative estimate of drug-likeness (QED) is 0.379. The van der Waals surface area contributed by atoms with Crippen LogP contribution in [0.15, 0.2) is 72.8 Å². The molecule has 184 valence electrons. The van der Waals surface area contributed by atoms with E-state index in [1.807, 2.05) is 34.9 Å². The van der Waals surface area contributed by atoms with Crippen LogP contribution >= 0.6 is 11.6 Å². The third-order valence-corrected chi connectivity index (χ3v) is 6.51. The molecule has 1 unspecified atom stereocenters. The second kappa shape index (κ2) is 10.1. The summed E-state index contributed by atoms with van der Waals surface area (Å²) in [6.07, 6.45) is 0.445. The molecule has 1 amide bonds. The van der Waals surface area contributed by atoms with Crippen molar-refractivity contribution in [3.8, 4) is 11.3 Å². The number of hydrogen-bond acceptors (Lipinski definition) is 4. The molecule has 1 aliphatic rings.